The van der Waals surface area contributed by atoms with E-state index in [1.54, 1.807) is 7.11 Å². The van der Waals surface area contributed by atoms with Crippen LogP contribution in [0.5, 0.6) is 5.75 Å². The molecule has 3 heterocycles. The van der Waals surface area contributed by atoms with Gasteiger partial charge in [0.15, 0.2) is 9.84 Å². The first kappa shape index (κ1) is 19.3. The first-order valence-corrected chi connectivity index (χ1v) is 11.6. The highest BCUT2D eigenvalue weighted by Gasteiger charge is 2.34. The summed E-state index contributed by atoms with van der Waals surface area (Å²) in [6, 6.07) is 8.12. The molecule has 1 aromatic carbocycles. The van der Waals surface area contributed by atoms with Crippen molar-refractivity contribution in [3.8, 4) is 5.75 Å². The minimum atomic E-state index is -2.86. The number of carbonyl (C=O) groups excluding carboxylic acids is 1. The van der Waals surface area contributed by atoms with Gasteiger partial charge in [-0.05, 0) is 30.7 Å². The maximum Gasteiger partial charge on any atom is 0.224 e. The van der Waals surface area contributed by atoms with E-state index in [0.29, 0.717) is 31.8 Å². The fourth-order valence-electron chi connectivity index (χ4n) is 4.27. The summed E-state index contributed by atoms with van der Waals surface area (Å²) in [7, 11) is -1.21. The average molecular weight is 406 g/mol. The number of rotatable bonds is 5. The summed E-state index contributed by atoms with van der Waals surface area (Å²) < 4.78 is 30.7. The van der Waals surface area contributed by atoms with Gasteiger partial charge in [0.1, 0.15) is 5.75 Å². The number of amides is 1. The molecule has 4 rings (SSSR count). The number of aryl methyl sites for hydroxylation is 1. The summed E-state index contributed by atoms with van der Waals surface area (Å²) in [4.78, 5) is 16.8. The maximum absolute atomic E-state index is 12.6. The molecule has 0 N–H and O–H groups in total. The van der Waals surface area contributed by atoms with Crippen LogP contribution in [0.3, 0.4) is 0 Å². The van der Waals surface area contributed by atoms with E-state index in [-0.39, 0.29) is 17.7 Å². The lowest BCUT2D eigenvalue weighted by Gasteiger charge is -2.37. The Morgan fingerprint density at radius 3 is 2.64 bits per heavy atom. The topological polar surface area (TPSA) is 71.8 Å². The first-order valence-electron chi connectivity index (χ1n) is 9.80. The summed E-state index contributed by atoms with van der Waals surface area (Å²) >= 11 is 0. The normalized spacial score (nSPS) is 22.6. The minimum Gasteiger partial charge on any atom is -0.497 e. The van der Waals surface area contributed by atoms with E-state index in [0.717, 1.165) is 36.2 Å². The zero-order valence-electron chi connectivity index (χ0n) is 16.2. The molecule has 0 aliphatic carbocycles. The van der Waals surface area contributed by atoms with Crippen LogP contribution in [0.1, 0.15) is 12.8 Å². The van der Waals surface area contributed by atoms with Crippen LogP contribution in [-0.2, 0) is 21.2 Å². The molecule has 152 valence electrons. The highest BCUT2D eigenvalue weighted by atomic mass is 32.2. The number of methoxy groups -OCH3 is 1. The van der Waals surface area contributed by atoms with Gasteiger partial charge in [0.25, 0.3) is 0 Å². The van der Waals surface area contributed by atoms with Crippen molar-refractivity contribution < 1.29 is 17.9 Å². The number of hydrogen-bond acceptors (Lipinski definition) is 5. The van der Waals surface area contributed by atoms with Crippen molar-refractivity contribution in [2.45, 2.75) is 25.4 Å². The summed E-state index contributed by atoms with van der Waals surface area (Å²) in [5, 5.41) is 1.10. The van der Waals surface area contributed by atoms with Gasteiger partial charge in [-0.2, -0.15) is 0 Å². The molecule has 2 fully saturated rings. The van der Waals surface area contributed by atoms with Crippen LogP contribution in [0, 0.1) is 0 Å². The van der Waals surface area contributed by atoms with Crippen LogP contribution in [0.25, 0.3) is 10.9 Å². The van der Waals surface area contributed by atoms with Gasteiger partial charge >= 0.3 is 0 Å². The van der Waals surface area contributed by atoms with Crippen molar-refractivity contribution in [1.29, 1.82) is 0 Å². The number of fused-ring (bicyclic) bond motifs is 1. The molecule has 0 spiro atoms. The predicted octanol–water partition coefficient (Wildman–Crippen LogP) is 1.37. The molecule has 0 saturated carbocycles. The van der Waals surface area contributed by atoms with Gasteiger partial charge in [-0.1, -0.05) is 0 Å². The first-order chi connectivity index (χ1) is 13.4. The van der Waals surface area contributed by atoms with E-state index in [2.05, 4.69) is 9.47 Å². The van der Waals surface area contributed by atoms with Gasteiger partial charge in [0, 0.05) is 62.3 Å². The van der Waals surface area contributed by atoms with Crippen molar-refractivity contribution >= 4 is 26.6 Å². The Morgan fingerprint density at radius 1 is 1.18 bits per heavy atom. The lowest BCUT2D eigenvalue weighted by Crippen LogP contribution is -2.52. The third-order valence-electron chi connectivity index (χ3n) is 5.94. The summed E-state index contributed by atoms with van der Waals surface area (Å²) in [6.07, 6.45) is 3.20. The Bertz CT molecular complexity index is 961. The predicted molar refractivity (Wildman–Crippen MR) is 108 cm³/mol. The number of piperazine rings is 1. The van der Waals surface area contributed by atoms with E-state index >= 15 is 0 Å². The highest BCUT2D eigenvalue weighted by Crippen LogP contribution is 2.23. The molecule has 1 amide bonds. The average Bonchev–Trinajstić information content (AvgIpc) is 3.28. The lowest BCUT2D eigenvalue weighted by atomic mass is 10.2. The summed E-state index contributed by atoms with van der Waals surface area (Å²) in [5.74, 6) is 1.56. The highest BCUT2D eigenvalue weighted by molar-refractivity contribution is 7.91. The van der Waals surface area contributed by atoms with Gasteiger partial charge in [-0.15, -0.1) is 0 Å². The smallest absolute Gasteiger partial charge is 0.224 e. The van der Waals surface area contributed by atoms with Gasteiger partial charge in [0.05, 0.1) is 18.6 Å². The molecule has 1 atom stereocenters. The van der Waals surface area contributed by atoms with Gasteiger partial charge < -0.3 is 14.2 Å². The van der Waals surface area contributed by atoms with Crippen LogP contribution < -0.4 is 4.74 Å². The van der Waals surface area contributed by atoms with Crippen molar-refractivity contribution in [3.63, 3.8) is 0 Å². The second-order valence-corrected chi connectivity index (χ2v) is 9.89. The summed E-state index contributed by atoms with van der Waals surface area (Å²) in [6.45, 7) is 3.53. The third-order valence-corrected chi connectivity index (χ3v) is 7.69. The van der Waals surface area contributed by atoms with E-state index in [9.17, 15) is 13.2 Å². The second-order valence-electron chi connectivity index (χ2n) is 7.66. The fourth-order valence-corrected chi connectivity index (χ4v) is 6.04. The molecule has 2 aliphatic rings. The molecular weight excluding hydrogens is 378 g/mol. The van der Waals surface area contributed by atoms with Gasteiger partial charge in [-0.25, -0.2) is 8.42 Å². The monoisotopic (exact) mass is 405 g/mol. The number of nitrogens with zero attached hydrogens (tertiary/aromatic N) is 3. The standard InChI is InChI=1S/C20H27N3O4S/c1-27-18-2-3-19-16(14-18)4-7-22(19)8-5-20(24)23-11-9-21(10-12-23)17-6-13-28(25,26)15-17/h2-4,7,14,17H,5-6,8-13,15H2,1H3. The molecule has 2 aromatic rings. The Hall–Kier alpha value is -2.06. The number of carbonyl (C=O) groups is 1. The van der Waals surface area contributed by atoms with E-state index < -0.39 is 9.84 Å². The third kappa shape index (κ3) is 4.03. The van der Waals surface area contributed by atoms with Crippen LogP contribution >= 0.6 is 0 Å². The van der Waals surface area contributed by atoms with Crippen LogP contribution in [0.4, 0.5) is 0 Å². The zero-order valence-corrected chi connectivity index (χ0v) is 17.0. The number of aromatic nitrogens is 1. The lowest BCUT2D eigenvalue weighted by molar-refractivity contribution is -0.133. The quantitative estimate of drug-likeness (QED) is 0.751. The molecule has 8 heteroatoms. The van der Waals surface area contributed by atoms with E-state index in [4.69, 9.17) is 4.74 Å². The molecule has 1 aromatic heterocycles. The van der Waals surface area contributed by atoms with Crippen LogP contribution in [-0.4, -0.2) is 79.5 Å². The van der Waals surface area contributed by atoms with E-state index in [1.165, 1.54) is 0 Å². The number of ether oxygens (including phenoxy) is 1. The van der Waals surface area contributed by atoms with Crippen LogP contribution in [0.15, 0.2) is 30.5 Å². The molecule has 1 unspecified atom stereocenters. The molecule has 2 aliphatic heterocycles. The Kier molecular flexibility index (Phi) is 5.33. The van der Waals surface area contributed by atoms with Gasteiger partial charge in [0.2, 0.25) is 5.91 Å². The van der Waals surface area contributed by atoms with Crippen molar-refractivity contribution in [2.24, 2.45) is 0 Å². The Morgan fingerprint density at radius 2 is 1.96 bits per heavy atom. The number of benzene rings is 1. The van der Waals surface area contributed by atoms with Crippen molar-refractivity contribution in [1.82, 2.24) is 14.4 Å². The second kappa shape index (κ2) is 7.75. The molecule has 2 saturated heterocycles. The van der Waals surface area contributed by atoms with Crippen molar-refractivity contribution in [2.75, 3.05) is 44.8 Å². The Balaban J connectivity index is 1.29. The largest absolute Gasteiger partial charge is 0.497 e. The Labute approximate surface area is 165 Å². The molecule has 0 radical (unpaired) electrons. The molecule has 7 nitrogen and oxygen atoms in total. The molecule has 28 heavy (non-hydrogen) atoms. The number of hydrogen-bond donors (Lipinski definition) is 0. The van der Waals surface area contributed by atoms with E-state index in [1.807, 2.05) is 35.4 Å². The maximum atomic E-state index is 12.6. The van der Waals surface area contributed by atoms with Gasteiger partial charge in [-0.3, -0.25) is 9.69 Å². The SMILES string of the molecule is COc1ccc2c(ccn2CCC(=O)N2CCN(C3CCS(=O)(=O)C3)CC2)c1. The van der Waals surface area contributed by atoms with Crippen LogP contribution in [0.2, 0.25) is 0 Å². The fraction of sp³-hybridized carbons (Fsp3) is 0.550. The minimum absolute atomic E-state index is 0.130. The van der Waals surface area contributed by atoms with Crippen molar-refractivity contribution in [3.05, 3.63) is 30.5 Å². The summed E-state index contributed by atoms with van der Waals surface area (Å²) in [5.41, 5.74) is 1.10. The molecule has 0 bridgehead atoms. The zero-order chi connectivity index (χ0) is 19.7. The number of sulfone groups is 1. The molecular formula is C20H27N3O4S.